The van der Waals surface area contributed by atoms with Crippen molar-refractivity contribution in [1.82, 2.24) is 4.90 Å². The van der Waals surface area contributed by atoms with Gasteiger partial charge in [0.2, 0.25) is 0 Å². The highest BCUT2D eigenvalue weighted by Gasteiger charge is 2.25. The van der Waals surface area contributed by atoms with Crippen LogP contribution in [0.25, 0.3) is 0 Å². The smallest absolute Gasteiger partial charge is 0.164 e. The van der Waals surface area contributed by atoms with Crippen LogP contribution in [0.4, 0.5) is 0 Å². The second-order valence-corrected chi connectivity index (χ2v) is 7.05. The summed E-state index contributed by atoms with van der Waals surface area (Å²) in [7, 11) is 0. The zero-order valence-electron chi connectivity index (χ0n) is 15.4. The first-order chi connectivity index (χ1) is 12.8. The highest BCUT2D eigenvalue weighted by atomic mass is 35.5. The van der Waals surface area contributed by atoms with Crippen LogP contribution in [0.5, 0.6) is 11.5 Å². The Labute approximate surface area is 166 Å². The molecule has 2 aliphatic rings. The zero-order chi connectivity index (χ0) is 17.8. The van der Waals surface area contributed by atoms with Crippen molar-refractivity contribution in [3.05, 3.63) is 59.7 Å². The summed E-state index contributed by atoms with van der Waals surface area (Å²) >= 11 is 0. The van der Waals surface area contributed by atoms with E-state index in [1.54, 1.807) is 0 Å². The minimum atomic E-state index is 0. The van der Waals surface area contributed by atoms with E-state index in [1.165, 1.54) is 18.4 Å². The molecule has 0 bridgehead atoms. The number of carbonyl (C=O) groups is 1. The number of nitrogens with zero attached hydrogens (tertiary/aromatic N) is 1. The van der Waals surface area contributed by atoms with Gasteiger partial charge in [-0.15, -0.1) is 0 Å². The van der Waals surface area contributed by atoms with Crippen molar-refractivity contribution in [2.45, 2.75) is 31.7 Å². The lowest BCUT2D eigenvalue weighted by atomic mass is 10.0. The number of halogens is 1. The van der Waals surface area contributed by atoms with Gasteiger partial charge >= 0.3 is 0 Å². The normalized spacial score (nSPS) is 18.7. The van der Waals surface area contributed by atoms with Gasteiger partial charge in [0.15, 0.2) is 17.3 Å². The molecule has 0 saturated carbocycles. The molecule has 1 atom stereocenters. The minimum Gasteiger partial charge on any atom is -1.00 e. The van der Waals surface area contributed by atoms with Gasteiger partial charge in [-0.3, -0.25) is 9.69 Å². The Balaban J connectivity index is 0.00000210. The average Bonchev–Trinajstić information content (AvgIpc) is 3.13. The molecule has 2 aromatic carbocycles. The molecule has 1 unspecified atom stereocenters. The SMILES string of the molecule is O=C(CCN1CCCC1Cc1ccccc1)c1ccc2c(c1)OCCO2.[Cl-]. The van der Waals surface area contributed by atoms with Crippen LogP contribution < -0.4 is 21.9 Å². The standard InChI is InChI=1S/C22H25NO3.ClH/c24-20(18-8-9-21-22(16-18)26-14-13-25-21)10-12-23-11-4-7-19(23)15-17-5-2-1-3-6-17;/h1-3,5-6,8-9,16,19H,4,7,10-15H2;1H/p-1. The maximum atomic E-state index is 12.6. The highest BCUT2D eigenvalue weighted by molar-refractivity contribution is 5.96. The first-order valence-electron chi connectivity index (χ1n) is 9.50. The number of carbonyl (C=O) groups excluding carboxylic acids is 1. The molecule has 0 aliphatic carbocycles. The molecule has 0 radical (unpaired) electrons. The van der Waals surface area contributed by atoms with E-state index in [1.807, 2.05) is 18.2 Å². The van der Waals surface area contributed by atoms with Crippen molar-refractivity contribution < 1.29 is 26.7 Å². The second kappa shape index (κ2) is 9.25. The Morgan fingerprint density at radius 3 is 2.63 bits per heavy atom. The predicted octanol–water partition coefficient (Wildman–Crippen LogP) is 0.742. The summed E-state index contributed by atoms with van der Waals surface area (Å²) in [6.45, 7) is 3.02. The van der Waals surface area contributed by atoms with E-state index < -0.39 is 0 Å². The van der Waals surface area contributed by atoms with E-state index in [0.717, 1.165) is 25.3 Å². The van der Waals surface area contributed by atoms with Crippen LogP contribution in [-0.4, -0.2) is 43.0 Å². The quantitative estimate of drug-likeness (QED) is 0.686. The summed E-state index contributed by atoms with van der Waals surface area (Å²) in [5.41, 5.74) is 2.09. The average molecular weight is 387 g/mol. The van der Waals surface area contributed by atoms with Gasteiger partial charge in [-0.25, -0.2) is 0 Å². The Bertz CT molecular complexity index is 765. The molecule has 0 N–H and O–H groups in total. The molecule has 1 saturated heterocycles. The van der Waals surface area contributed by atoms with Gasteiger partial charge < -0.3 is 21.9 Å². The summed E-state index contributed by atoms with van der Waals surface area (Å²) in [6.07, 6.45) is 4.05. The third kappa shape index (κ3) is 4.82. The van der Waals surface area contributed by atoms with Gasteiger partial charge in [0.25, 0.3) is 0 Å². The van der Waals surface area contributed by atoms with Gasteiger partial charge in [0.1, 0.15) is 13.2 Å². The fourth-order valence-electron chi connectivity index (χ4n) is 3.91. The molecule has 0 amide bonds. The fraction of sp³-hybridized carbons (Fsp3) is 0.409. The molecule has 2 aliphatic heterocycles. The fourth-order valence-corrected chi connectivity index (χ4v) is 3.91. The number of benzene rings is 2. The van der Waals surface area contributed by atoms with Crippen LogP contribution >= 0.6 is 0 Å². The van der Waals surface area contributed by atoms with E-state index in [-0.39, 0.29) is 18.2 Å². The molecule has 27 heavy (non-hydrogen) atoms. The van der Waals surface area contributed by atoms with Crippen LogP contribution in [0, 0.1) is 0 Å². The molecule has 5 heteroatoms. The lowest BCUT2D eigenvalue weighted by molar-refractivity contribution is -0.0000140. The van der Waals surface area contributed by atoms with Gasteiger partial charge in [-0.2, -0.15) is 0 Å². The van der Waals surface area contributed by atoms with Crippen LogP contribution in [-0.2, 0) is 6.42 Å². The summed E-state index contributed by atoms with van der Waals surface area (Å²) in [5, 5.41) is 0. The van der Waals surface area contributed by atoms with Crippen LogP contribution in [0.1, 0.15) is 35.2 Å². The van der Waals surface area contributed by atoms with Crippen molar-refractivity contribution in [1.29, 1.82) is 0 Å². The van der Waals surface area contributed by atoms with Crippen LogP contribution in [0.3, 0.4) is 0 Å². The molecule has 4 nitrogen and oxygen atoms in total. The van der Waals surface area contributed by atoms with E-state index in [4.69, 9.17) is 9.47 Å². The van der Waals surface area contributed by atoms with Crippen molar-refractivity contribution >= 4 is 5.78 Å². The topological polar surface area (TPSA) is 38.8 Å². The van der Waals surface area contributed by atoms with Gasteiger partial charge in [0.05, 0.1) is 0 Å². The summed E-state index contributed by atoms with van der Waals surface area (Å²) < 4.78 is 11.1. The third-order valence-corrected chi connectivity index (χ3v) is 5.30. The molecule has 2 heterocycles. The third-order valence-electron chi connectivity index (χ3n) is 5.30. The Morgan fingerprint density at radius 2 is 1.81 bits per heavy atom. The molecule has 0 spiro atoms. The van der Waals surface area contributed by atoms with Gasteiger partial charge in [-0.05, 0) is 49.6 Å². The van der Waals surface area contributed by atoms with Crippen molar-refractivity contribution in [2.75, 3.05) is 26.3 Å². The van der Waals surface area contributed by atoms with Crippen molar-refractivity contribution in [2.24, 2.45) is 0 Å². The molecule has 0 aromatic heterocycles. The minimum absolute atomic E-state index is 0. The number of hydrogen-bond donors (Lipinski definition) is 0. The van der Waals surface area contributed by atoms with E-state index in [2.05, 4.69) is 35.2 Å². The highest BCUT2D eigenvalue weighted by Crippen LogP contribution is 2.31. The first-order valence-corrected chi connectivity index (χ1v) is 9.50. The predicted molar refractivity (Wildman–Crippen MR) is 101 cm³/mol. The number of ether oxygens (including phenoxy) is 2. The summed E-state index contributed by atoms with van der Waals surface area (Å²) in [5.74, 6) is 1.59. The monoisotopic (exact) mass is 386 g/mol. The van der Waals surface area contributed by atoms with Crippen molar-refractivity contribution in [3.63, 3.8) is 0 Å². The maximum Gasteiger partial charge on any atom is 0.164 e. The number of rotatable bonds is 6. The lowest BCUT2D eigenvalue weighted by Crippen LogP contribution is -3.00. The molecule has 4 rings (SSSR count). The van der Waals surface area contributed by atoms with Crippen LogP contribution in [0.15, 0.2) is 48.5 Å². The Hall–Kier alpha value is -2.04. The van der Waals surface area contributed by atoms with E-state index >= 15 is 0 Å². The van der Waals surface area contributed by atoms with E-state index in [9.17, 15) is 4.79 Å². The summed E-state index contributed by atoms with van der Waals surface area (Å²) in [6, 6.07) is 16.7. The first kappa shape index (κ1) is 19.7. The van der Waals surface area contributed by atoms with Gasteiger partial charge in [0, 0.05) is 24.6 Å². The largest absolute Gasteiger partial charge is 1.00 e. The number of likely N-dealkylation sites (tertiary alicyclic amines) is 1. The van der Waals surface area contributed by atoms with Gasteiger partial charge in [-0.1, -0.05) is 30.3 Å². The van der Waals surface area contributed by atoms with Crippen LogP contribution in [0.2, 0.25) is 0 Å². The molecule has 2 aromatic rings. The Morgan fingerprint density at radius 1 is 1.04 bits per heavy atom. The summed E-state index contributed by atoms with van der Waals surface area (Å²) in [4.78, 5) is 15.1. The zero-order valence-corrected chi connectivity index (χ0v) is 16.2. The molecular formula is C22H25ClNO3-. The maximum absolute atomic E-state index is 12.6. The number of fused-ring (bicyclic) bond motifs is 1. The number of ketones is 1. The van der Waals surface area contributed by atoms with E-state index in [0.29, 0.717) is 37.0 Å². The lowest BCUT2D eigenvalue weighted by Gasteiger charge is -2.24. The number of Topliss-reactive ketones (excluding diaryl/α,β-unsaturated/α-hetero) is 1. The molecule has 144 valence electrons. The second-order valence-electron chi connectivity index (χ2n) is 7.05. The van der Waals surface area contributed by atoms with Crippen molar-refractivity contribution in [3.8, 4) is 11.5 Å². The number of hydrogen-bond acceptors (Lipinski definition) is 4. The Kier molecular flexibility index (Phi) is 6.75. The molecule has 1 fully saturated rings. The molecular weight excluding hydrogens is 362 g/mol.